The second-order valence-electron chi connectivity index (χ2n) is 11.2. The van der Waals surface area contributed by atoms with E-state index in [0.717, 1.165) is 45.1 Å². The van der Waals surface area contributed by atoms with Crippen molar-refractivity contribution in [3.05, 3.63) is 36.2 Å². The first-order chi connectivity index (χ1) is 19.9. The molecule has 0 unspecified atom stereocenters. The standard InChI is InChI=1S/C29H37F2N7O3/c1-19-5-4-12-37(19)18-25(39)32-20-8-10-21(11-9-20)41-26-17-24(34-29(35-26)36-13-15-40-16-14-36)38-23-7-3-2-6-22(23)33-28(38)27(30)31/h2-3,6-7,17,19-21,27H,4-5,8-16,18H2,1H3,(H,32,39)/t19-,20?,21?/m1/s1. The zero-order valence-corrected chi connectivity index (χ0v) is 23.3. The highest BCUT2D eigenvalue weighted by Gasteiger charge is 2.28. The van der Waals surface area contributed by atoms with E-state index >= 15 is 0 Å². The summed E-state index contributed by atoms with van der Waals surface area (Å²) in [6.45, 7) is 5.87. The van der Waals surface area contributed by atoms with Gasteiger partial charge in [0.05, 0.1) is 30.8 Å². The number of carbonyl (C=O) groups excluding carboxylic acids is 1. The number of amides is 1. The van der Waals surface area contributed by atoms with E-state index in [4.69, 9.17) is 14.5 Å². The summed E-state index contributed by atoms with van der Waals surface area (Å²) in [6, 6.07) is 9.23. The molecule has 0 bridgehead atoms. The van der Waals surface area contributed by atoms with Gasteiger partial charge in [0.25, 0.3) is 6.43 Å². The topological polar surface area (TPSA) is 97.6 Å². The Labute approximate surface area is 238 Å². The molecule has 1 saturated carbocycles. The first-order valence-electron chi connectivity index (χ1n) is 14.6. The molecule has 0 spiro atoms. The van der Waals surface area contributed by atoms with Crippen molar-refractivity contribution in [1.29, 1.82) is 0 Å². The fourth-order valence-corrected chi connectivity index (χ4v) is 6.09. The SMILES string of the molecule is C[C@@H]1CCCN1CC(=O)NC1CCC(Oc2cc(-n3c(C(F)F)nc4ccccc43)nc(N3CCOCC3)n2)CC1. The summed E-state index contributed by atoms with van der Waals surface area (Å²) in [5.74, 6) is 0.753. The first kappa shape index (κ1) is 27.8. The zero-order valence-electron chi connectivity index (χ0n) is 23.3. The Balaban J connectivity index is 1.19. The summed E-state index contributed by atoms with van der Waals surface area (Å²) in [4.78, 5) is 30.4. The molecule has 2 saturated heterocycles. The van der Waals surface area contributed by atoms with Gasteiger partial charge in [-0.05, 0) is 64.1 Å². The van der Waals surface area contributed by atoms with Crippen molar-refractivity contribution in [2.75, 3.05) is 44.3 Å². The maximum absolute atomic E-state index is 14.1. The maximum Gasteiger partial charge on any atom is 0.296 e. The quantitative estimate of drug-likeness (QED) is 0.437. The van der Waals surface area contributed by atoms with Crippen LogP contribution >= 0.6 is 0 Å². The third-order valence-electron chi connectivity index (χ3n) is 8.35. The number of morpholine rings is 1. The molecular formula is C29H37F2N7O3. The van der Waals surface area contributed by atoms with Gasteiger partial charge in [0, 0.05) is 31.2 Å². The molecule has 12 heteroatoms. The molecule has 1 amide bonds. The molecule has 3 aliphatic rings. The monoisotopic (exact) mass is 569 g/mol. The van der Waals surface area contributed by atoms with Crippen molar-refractivity contribution in [1.82, 2.24) is 29.7 Å². The van der Waals surface area contributed by atoms with Crippen LogP contribution < -0.4 is 15.0 Å². The lowest BCUT2D eigenvalue weighted by molar-refractivity contribution is -0.123. The average molecular weight is 570 g/mol. The van der Waals surface area contributed by atoms with E-state index in [1.807, 2.05) is 4.90 Å². The van der Waals surface area contributed by atoms with Crippen LogP contribution in [0.5, 0.6) is 5.88 Å². The van der Waals surface area contributed by atoms with Gasteiger partial charge in [-0.25, -0.2) is 13.8 Å². The van der Waals surface area contributed by atoms with Crippen LogP contribution in [0.3, 0.4) is 0 Å². The predicted molar refractivity (Wildman–Crippen MR) is 150 cm³/mol. The molecule has 6 rings (SSSR count). The highest BCUT2D eigenvalue weighted by Crippen LogP contribution is 2.31. The van der Waals surface area contributed by atoms with Gasteiger partial charge in [-0.3, -0.25) is 14.3 Å². The number of rotatable bonds is 8. The molecular weight excluding hydrogens is 532 g/mol. The highest BCUT2D eigenvalue weighted by molar-refractivity contribution is 5.79. The molecule has 1 aromatic carbocycles. The van der Waals surface area contributed by atoms with Crippen LogP contribution in [0, 0.1) is 0 Å². The highest BCUT2D eigenvalue weighted by atomic mass is 19.3. The number of nitrogens with zero attached hydrogens (tertiary/aromatic N) is 6. The molecule has 41 heavy (non-hydrogen) atoms. The van der Waals surface area contributed by atoms with Crippen LogP contribution in [0.1, 0.15) is 57.7 Å². The molecule has 220 valence electrons. The number of fused-ring (bicyclic) bond motifs is 1. The molecule has 1 aliphatic carbocycles. The number of halogens is 2. The third-order valence-corrected chi connectivity index (χ3v) is 8.35. The van der Waals surface area contributed by atoms with Crippen molar-refractivity contribution < 1.29 is 23.0 Å². The van der Waals surface area contributed by atoms with Crippen molar-refractivity contribution in [3.63, 3.8) is 0 Å². The van der Waals surface area contributed by atoms with Gasteiger partial charge in [-0.2, -0.15) is 9.97 Å². The second-order valence-corrected chi connectivity index (χ2v) is 11.2. The van der Waals surface area contributed by atoms with Crippen LogP contribution in [-0.2, 0) is 9.53 Å². The van der Waals surface area contributed by atoms with E-state index in [-0.39, 0.29) is 29.7 Å². The van der Waals surface area contributed by atoms with Crippen LogP contribution in [0.4, 0.5) is 14.7 Å². The first-order valence-corrected chi connectivity index (χ1v) is 14.6. The lowest BCUT2D eigenvalue weighted by atomic mass is 9.93. The fourth-order valence-electron chi connectivity index (χ4n) is 6.09. The minimum Gasteiger partial charge on any atom is -0.474 e. The predicted octanol–water partition coefficient (Wildman–Crippen LogP) is 3.88. The summed E-state index contributed by atoms with van der Waals surface area (Å²) < 4.78 is 41.5. The molecule has 1 N–H and O–H groups in total. The Hall–Kier alpha value is -3.38. The summed E-state index contributed by atoms with van der Waals surface area (Å²) in [7, 11) is 0. The largest absolute Gasteiger partial charge is 0.474 e. The number of alkyl halides is 2. The number of hydrogen-bond donors (Lipinski definition) is 1. The van der Waals surface area contributed by atoms with E-state index in [9.17, 15) is 13.6 Å². The van der Waals surface area contributed by atoms with Gasteiger partial charge in [0.15, 0.2) is 5.82 Å². The van der Waals surface area contributed by atoms with E-state index in [2.05, 4.69) is 27.1 Å². The molecule has 4 heterocycles. The maximum atomic E-state index is 14.1. The number of para-hydroxylation sites is 2. The number of hydrogen-bond acceptors (Lipinski definition) is 8. The number of aromatic nitrogens is 4. The Bertz CT molecular complexity index is 1360. The van der Waals surface area contributed by atoms with Gasteiger partial charge in [-0.15, -0.1) is 0 Å². The van der Waals surface area contributed by atoms with E-state index in [1.165, 1.54) is 4.57 Å². The minimum atomic E-state index is -2.78. The average Bonchev–Trinajstić information content (AvgIpc) is 3.57. The van der Waals surface area contributed by atoms with Gasteiger partial charge >= 0.3 is 0 Å². The lowest BCUT2D eigenvalue weighted by Crippen LogP contribution is -2.45. The van der Waals surface area contributed by atoms with E-state index in [1.54, 1.807) is 30.3 Å². The summed E-state index contributed by atoms with van der Waals surface area (Å²) >= 11 is 0. The Morgan fingerprint density at radius 2 is 1.85 bits per heavy atom. The second kappa shape index (κ2) is 12.2. The third kappa shape index (κ3) is 6.28. The molecule has 1 atom stereocenters. The van der Waals surface area contributed by atoms with Crippen LogP contribution in [0.15, 0.2) is 30.3 Å². The summed E-state index contributed by atoms with van der Waals surface area (Å²) in [5, 5.41) is 3.20. The fraction of sp³-hybridized carbons (Fsp3) is 0.586. The number of nitrogens with one attached hydrogen (secondary N) is 1. The van der Waals surface area contributed by atoms with Crippen molar-refractivity contribution in [3.8, 4) is 11.7 Å². The Morgan fingerprint density at radius 1 is 1.07 bits per heavy atom. The Morgan fingerprint density at radius 3 is 2.59 bits per heavy atom. The van der Waals surface area contributed by atoms with Crippen LogP contribution in [0.2, 0.25) is 0 Å². The molecule has 3 fully saturated rings. The van der Waals surface area contributed by atoms with Crippen molar-refractivity contribution in [2.45, 2.75) is 70.1 Å². The van der Waals surface area contributed by atoms with Gasteiger partial charge in [0.1, 0.15) is 11.9 Å². The zero-order chi connectivity index (χ0) is 28.3. The number of benzene rings is 1. The number of imidazole rings is 1. The molecule has 3 aromatic rings. The smallest absolute Gasteiger partial charge is 0.296 e. The van der Waals surface area contributed by atoms with Crippen molar-refractivity contribution in [2.24, 2.45) is 0 Å². The van der Waals surface area contributed by atoms with Crippen molar-refractivity contribution >= 4 is 22.9 Å². The number of anilines is 1. The summed E-state index contributed by atoms with van der Waals surface area (Å²) in [5.41, 5.74) is 1.01. The number of ether oxygens (including phenoxy) is 2. The number of carbonyl (C=O) groups is 1. The van der Waals surface area contributed by atoms with Gasteiger partial charge < -0.3 is 19.7 Å². The minimum absolute atomic E-state index is 0.0844. The Kier molecular flexibility index (Phi) is 8.29. The molecule has 10 nitrogen and oxygen atoms in total. The van der Waals surface area contributed by atoms with Crippen LogP contribution in [-0.4, -0.2) is 87.9 Å². The summed E-state index contributed by atoms with van der Waals surface area (Å²) in [6.07, 6.45) is 2.54. The number of likely N-dealkylation sites (tertiary alicyclic amines) is 1. The van der Waals surface area contributed by atoms with E-state index in [0.29, 0.717) is 61.8 Å². The normalized spacial score (nSPS) is 23.8. The molecule has 0 radical (unpaired) electrons. The molecule has 2 aromatic heterocycles. The van der Waals surface area contributed by atoms with Crippen LogP contribution in [0.25, 0.3) is 16.9 Å². The lowest BCUT2D eigenvalue weighted by Gasteiger charge is -2.31. The molecule has 2 aliphatic heterocycles. The van der Waals surface area contributed by atoms with Gasteiger partial charge in [0.2, 0.25) is 17.7 Å². The van der Waals surface area contributed by atoms with Gasteiger partial charge in [-0.1, -0.05) is 12.1 Å². The van der Waals surface area contributed by atoms with E-state index < -0.39 is 6.43 Å².